The van der Waals surface area contributed by atoms with Crippen LogP contribution in [0.4, 0.5) is 5.69 Å². The third-order valence-electron chi connectivity index (χ3n) is 2.49. The number of rotatable bonds is 2. The molecule has 1 aromatic rings. The van der Waals surface area contributed by atoms with E-state index in [1.807, 2.05) is 6.07 Å². The maximum absolute atomic E-state index is 9.52. The molecule has 0 amide bonds. The molecule has 1 aromatic carbocycles. The molecule has 2 rings (SSSR count). The van der Waals surface area contributed by atoms with Gasteiger partial charge in [0.1, 0.15) is 11.5 Å². The summed E-state index contributed by atoms with van der Waals surface area (Å²) in [6, 6.07) is 5.27. The van der Waals surface area contributed by atoms with Gasteiger partial charge in [-0.3, -0.25) is 0 Å². The number of benzene rings is 1. The number of phenols is 1. The minimum Gasteiger partial charge on any atom is -0.508 e. The lowest BCUT2D eigenvalue weighted by Gasteiger charge is -2.29. The average Bonchev–Trinajstić information content (AvgIpc) is 2.29. The van der Waals surface area contributed by atoms with Crippen molar-refractivity contribution in [2.45, 2.75) is 0 Å². The fraction of sp³-hybridized carbons (Fsp3) is 0.455. The van der Waals surface area contributed by atoms with Gasteiger partial charge in [0, 0.05) is 37.0 Å². The van der Waals surface area contributed by atoms with Crippen LogP contribution in [0.1, 0.15) is 0 Å². The molecule has 4 nitrogen and oxygen atoms in total. The van der Waals surface area contributed by atoms with Crippen molar-refractivity contribution in [2.75, 3.05) is 38.3 Å². The molecule has 0 aliphatic carbocycles. The molecular weight excluding hydrogens is 194 g/mol. The van der Waals surface area contributed by atoms with E-state index in [1.165, 1.54) is 0 Å². The van der Waals surface area contributed by atoms with Crippen LogP contribution in [0.15, 0.2) is 18.2 Å². The Bertz CT molecular complexity index is 335. The number of nitrogens with zero attached hydrogens (tertiary/aromatic N) is 1. The molecule has 1 N–H and O–H groups in total. The smallest absolute Gasteiger partial charge is 0.124 e. The first-order chi connectivity index (χ1) is 7.29. The fourth-order valence-electron chi connectivity index (χ4n) is 1.69. The van der Waals surface area contributed by atoms with Crippen LogP contribution in [0.5, 0.6) is 11.5 Å². The zero-order valence-electron chi connectivity index (χ0n) is 8.77. The molecule has 1 aliphatic rings. The molecule has 1 aliphatic heterocycles. The number of ether oxygens (including phenoxy) is 2. The van der Waals surface area contributed by atoms with Crippen molar-refractivity contribution in [3.05, 3.63) is 18.2 Å². The second-order valence-electron chi connectivity index (χ2n) is 3.49. The topological polar surface area (TPSA) is 41.9 Å². The number of aromatic hydroxyl groups is 1. The van der Waals surface area contributed by atoms with Gasteiger partial charge in [0.05, 0.1) is 20.3 Å². The number of anilines is 1. The van der Waals surface area contributed by atoms with Gasteiger partial charge >= 0.3 is 0 Å². The average molecular weight is 209 g/mol. The Morgan fingerprint density at radius 3 is 2.67 bits per heavy atom. The van der Waals surface area contributed by atoms with E-state index in [-0.39, 0.29) is 5.75 Å². The first kappa shape index (κ1) is 10.1. The van der Waals surface area contributed by atoms with Gasteiger partial charge in [-0.25, -0.2) is 0 Å². The minimum absolute atomic E-state index is 0.232. The van der Waals surface area contributed by atoms with Gasteiger partial charge in [0.25, 0.3) is 0 Å². The second kappa shape index (κ2) is 4.40. The summed E-state index contributed by atoms with van der Waals surface area (Å²) in [4.78, 5) is 2.17. The lowest BCUT2D eigenvalue weighted by molar-refractivity contribution is 0.122. The summed E-state index contributed by atoms with van der Waals surface area (Å²) < 4.78 is 10.4. The van der Waals surface area contributed by atoms with Gasteiger partial charge in [-0.1, -0.05) is 0 Å². The summed E-state index contributed by atoms with van der Waals surface area (Å²) in [5, 5.41) is 9.52. The summed E-state index contributed by atoms with van der Waals surface area (Å²) in [7, 11) is 1.60. The predicted octanol–water partition coefficient (Wildman–Crippen LogP) is 1.24. The number of hydrogen-bond acceptors (Lipinski definition) is 4. The van der Waals surface area contributed by atoms with Crippen LogP contribution in [0.2, 0.25) is 0 Å². The van der Waals surface area contributed by atoms with E-state index in [1.54, 1.807) is 19.2 Å². The van der Waals surface area contributed by atoms with E-state index >= 15 is 0 Å². The van der Waals surface area contributed by atoms with E-state index in [2.05, 4.69) is 4.90 Å². The molecule has 0 aromatic heterocycles. The third-order valence-corrected chi connectivity index (χ3v) is 2.49. The lowest BCUT2D eigenvalue weighted by atomic mass is 10.2. The quantitative estimate of drug-likeness (QED) is 0.795. The van der Waals surface area contributed by atoms with Gasteiger partial charge in [0.2, 0.25) is 0 Å². The van der Waals surface area contributed by atoms with Crippen LogP contribution >= 0.6 is 0 Å². The van der Waals surface area contributed by atoms with Gasteiger partial charge < -0.3 is 19.5 Å². The monoisotopic (exact) mass is 209 g/mol. The highest BCUT2D eigenvalue weighted by atomic mass is 16.5. The first-order valence-corrected chi connectivity index (χ1v) is 5.00. The van der Waals surface area contributed by atoms with E-state index in [0.29, 0.717) is 5.75 Å². The minimum atomic E-state index is 0.232. The maximum atomic E-state index is 9.52. The van der Waals surface area contributed by atoms with Crippen molar-refractivity contribution in [1.82, 2.24) is 0 Å². The second-order valence-corrected chi connectivity index (χ2v) is 3.49. The maximum Gasteiger partial charge on any atom is 0.124 e. The van der Waals surface area contributed by atoms with Crippen molar-refractivity contribution in [3.8, 4) is 11.5 Å². The summed E-state index contributed by atoms with van der Waals surface area (Å²) in [5.41, 5.74) is 0.982. The van der Waals surface area contributed by atoms with Gasteiger partial charge in [0.15, 0.2) is 0 Å². The Balaban J connectivity index is 2.22. The molecule has 15 heavy (non-hydrogen) atoms. The fourth-order valence-corrected chi connectivity index (χ4v) is 1.69. The molecule has 0 spiro atoms. The van der Waals surface area contributed by atoms with Crippen LogP contribution < -0.4 is 9.64 Å². The summed E-state index contributed by atoms with van der Waals surface area (Å²) in [5.74, 6) is 0.910. The van der Waals surface area contributed by atoms with E-state index in [0.717, 1.165) is 32.0 Å². The highest BCUT2D eigenvalue weighted by molar-refractivity contribution is 5.55. The van der Waals surface area contributed by atoms with E-state index < -0.39 is 0 Å². The molecule has 1 saturated heterocycles. The standard InChI is InChI=1S/C11H15NO3/c1-14-11-7-9(6-10(13)8-11)12-2-4-15-5-3-12/h6-8,13H,2-5H2,1H3. The van der Waals surface area contributed by atoms with Gasteiger partial charge in [-0.2, -0.15) is 0 Å². The normalized spacial score (nSPS) is 16.5. The van der Waals surface area contributed by atoms with Gasteiger partial charge in [-0.05, 0) is 0 Å². The lowest BCUT2D eigenvalue weighted by Crippen LogP contribution is -2.36. The first-order valence-electron chi connectivity index (χ1n) is 5.00. The van der Waals surface area contributed by atoms with E-state index in [4.69, 9.17) is 9.47 Å². The van der Waals surface area contributed by atoms with Crippen LogP contribution in [-0.2, 0) is 4.74 Å². The highest BCUT2D eigenvalue weighted by Crippen LogP contribution is 2.27. The molecular formula is C11H15NO3. The SMILES string of the molecule is COc1cc(O)cc(N2CCOCC2)c1. The molecule has 1 heterocycles. The predicted molar refractivity (Wildman–Crippen MR) is 57.7 cm³/mol. The Labute approximate surface area is 89.0 Å². The van der Waals surface area contributed by atoms with Crippen LogP contribution in [0, 0.1) is 0 Å². The van der Waals surface area contributed by atoms with Crippen molar-refractivity contribution < 1.29 is 14.6 Å². The Morgan fingerprint density at radius 2 is 2.00 bits per heavy atom. The zero-order chi connectivity index (χ0) is 10.7. The largest absolute Gasteiger partial charge is 0.508 e. The third kappa shape index (κ3) is 2.33. The Hall–Kier alpha value is -1.42. The molecule has 4 heteroatoms. The molecule has 82 valence electrons. The molecule has 0 unspecified atom stereocenters. The molecule has 0 atom stereocenters. The Morgan fingerprint density at radius 1 is 1.27 bits per heavy atom. The van der Waals surface area contributed by atoms with Crippen molar-refractivity contribution in [3.63, 3.8) is 0 Å². The number of methoxy groups -OCH3 is 1. The zero-order valence-corrected chi connectivity index (χ0v) is 8.77. The van der Waals surface area contributed by atoms with Crippen molar-refractivity contribution >= 4 is 5.69 Å². The summed E-state index contributed by atoms with van der Waals surface area (Å²) >= 11 is 0. The van der Waals surface area contributed by atoms with Gasteiger partial charge in [-0.15, -0.1) is 0 Å². The molecule has 0 saturated carbocycles. The summed E-state index contributed by atoms with van der Waals surface area (Å²) in [6.07, 6.45) is 0. The molecule has 0 radical (unpaired) electrons. The van der Waals surface area contributed by atoms with E-state index in [9.17, 15) is 5.11 Å². The van der Waals surface area contributed by atoms with Crippen molar-refractivity contribution in [1.29, 1.82) is 0 Å². The molecule has 1 fully saturated rings. The Kier molecular flexibility index (Phi) is 2.97. The van der Waals surface area contributed by atoms with Crippen LogP contribution in [0.3, 0.4) is 0 Å². The number of morpholine rings is 1. The van der Waals surface area contributed by atoms with Crippen LogP contribution in [-0.4, -0.2) is 38.5 Å². The van der Waals surface area contributed by atoms with Crippen molar-refractivity contribution in [2.24, 2.45) is 0 Å². The number of hydrogen-bond donors (Lipinski definition) is 1. The highest BCUT2D eigenvalue weighted by Gasteiger charge is 2.12. The van der Waals surface area contributed by atoms with Crippen LogP contribution in [0.25, 0.3) is 0 Å². The summed E-state index contributed by atoms with van der Waals surface area (Å²) in [6.45, 7) is 3.18. The molecule has 0 bridgehead atoms. The number of phenolic OH excluding ortho intramolecular Hbond substituents is 1.